The van der Waals surface area contributed by atoms with E-state index in [1.807, 2.05) is 27.7 Å². The number of ether oxygens (including phenoxy) is 1. The topological polar surface area (TPSA) is 38.3 Å². The molecule has 0 bridgehead atoms. The first kappa shape index (κ1) is 13.2. The first-order chi connectivity index (χ1) is 7.37. The molecule has 0 heterocycles. The molecule has 1 N–H and O–H groups in total. The molecule has 1 aliphatic carbocycles. The molecule has 16 heavy (non-hydrogen) atoms. The highest BCUT2D eigenvalue weighted by Crippen LogP contribution is 2.12. The van der Waals surface area contributed by atoms with Gasteiger partial charge in [-0.15, -0.1) is 0 Å². The summed E-state index contributed by atoms with van der Waals surface area (Å²) in [5.41, 5.74) is -0.383. The quantitative estimate of drug-likeness (QED) is 0.590. The second-order valence-electron chi connectivity index (χ2n) is 5.50. The van der Waals surface area contributed by atoms with Crippen LogP contribution in [0.3, 0.4) is 0 Å². The zero-order valence-corrected chi connectivity index (χ0v) is 10.7. The maximum atomic E-state index is 11.6. The second-order valence-corrected chi connectivity index (χ2v) is 5.50. The van der Waals surface area contributed by atoms with Crippen LogP contribution in [0.15, 0.2) is 12.2 Å². The summed E-state index contributed by atoms with van der Waals surface area (Å²) in [5.74, 6) is -0.126. The summed E-state index contributed by atoms with van der Waals surface area (Å²) in [7, 11) is 0. The van der Waals surface area contributed by atoms with Crippen molar-refractivity contribution in [1.29, 1.82) is 0 Å². The minimum Gasteiger partial charge on any atom is -0.460 e. The van der Waals surface area contributed by atoms with Gasteiger partial charge in [0.25, 0.3) is 0 Å². The van der Waals surface area contributed by atoms with Crippen LogP contribution >= 0.6 is 0 Å². The fourth-order valence-electron chi connectivity index (χ4n) is 1.85. The molecule has 0 radical (unpaired) electrons. The van der Waals surface area contributed by atoms with Crippen molar-refractivity contribution in [2.75, 3.05) is 0 Å². The smallest absolute Gasteiger partial charge is 0.307 e. The maximum absolute atomic E-state index is 11.6. The molecule has 1 aliphatic rings. The van der Waals surface area contributed by atoms with E-state index in [0.717, 1.165) is 12.8 Å². The Hall–Kier alpha value is -0.830. The van der Waals surface area contributed by atoms with Crippen molar-refractivity contribution in [1.82, 2.24) is 5.32 Å². The van der Waals surface area contributed by atoms with Crippen LogP contribution in [0.2, 0.25) is 0 Å². The Labute approximate surface area is 98.2 Å². The molecular weight excluding hydrogens is 202 g/mol. The van der Waals surface area contributed by atoms with Crippen molar-refractivity contribution in [2.45, 2.75) is 64.6 Å². The molecule has 3 heteroatoms. The molecule has 1 unspecified atom stereocenters. The van der Waals surface area contributed by atoms with Crippen LogP contribution < -0.4 is 5.32 Å². The van der Waals surface area contributed by atoms with Crippen LogP contribution in [0.5, 0.6) is 0 Å². The number of hydrogen-bond acceptors (Lipinski definition) is 3. The van der Waals surface area contributed by atoms with Gasteiger partial charge in [0.2, 0.25) is 0 Å². The summed E-state index contributed by atoms with van der Waals surface area (Å²) in [4.78, 5) is 11.6. The van der Waals surface area contributed by atoms with Gasteiger partial charge in [-0.1, -0.05) is 12.2 Å². The predicted molar refractivity (Wildman–Crippen MR) is 65.2 cm³/mol. The lowest BCUT2D eigenvalue weighted by Crippen LogP contribution is -2.37. The Bertz CT molecular complexity index is 258. The van der Waals surface area contributed by atoms with Crippen molar-refractivity contribution in [3.05, 3.63) is 12.2 Å². The van der Waals surface area contributed by atoms with E-state index < -0.39 is 0 Å². The SMILES string of the molecule is CC(CC(=O)OC(C)(C)C)NC1CC=CC1. The summed E-state index contributed by atoms with van der Waals surface area (Å²) in [5, 5.41) is 3.43. The van der Waals surface area contributed by atoms with Crippen molar-refractivity contribution in [3.8, 4) is 0 Å². The fourth-order valence-corrected chi connectivity index (χ4v) is 1.85. The summed E-state index contributed by atoms with van der Waals surface area (Å²) >= 11 is 0. The maximum Gasteiger partial charge on any atom is 0.307 e. The number of carbonyl (C=O) groups excluding carboxylic acids is 1. The highest BCUT2D eigenvalue weighted by atomic mass is 16.6. The molecule has 0 aromatic carbocycles. The number of carbonyl (C=O) groups is 1. The van der Waals surface area contributed by atoms with Crippen molar-refractivity contribution < 1.29 is 9.53 Å². The van der Waals surface area contributed by atoms with E-state index in [-0.39, 0.29) is 17.6 Å². The van der Waals surface area contributed by atoms with Crippen LogP contribution in [0.25, 0.3) is 0 Å². The molecule has 0 saturated carbocycles. The summed E-state index contributed by atoms with van der Waals surface area (Å²) in [6.07, 6.45) is 6.93. The van der Waals surface area contributed by atoms with Gasteiger partial charge in [0.15, 0.2) is 0 Å². The predicted octanol–water partition coefficient (Wildman–Crippen LogP) is 2.41. The lowest BCUT2D eigenvalue weighted by atomic mass is 10.1. The third-order valence-corrected chi connectivity index (χ3v) is 2.42. The van der Waals surface area contributed by atoms with Gasteiger partial charge >= 0.3 is 5.97 Å². The second kappa shape index (κ2) is 5.48. The highest BCUT2D eigenvalue weighted by molar-refractivity contribution is 5.70. The molecule has 0 aliphatic heterocycles. The van der Waals surface area contributed by atoms with Gasteiger partial charge < -0.3 is 10.1 Å². The zero-order chi connectivity index (χ0) is 12.2. The standard InChI is InChI=1S/C13H23NO2/c1-10(14-11-7-5-6-8-11)9-12(15)16-13(2,3)4/h5-6,10-11,14H,7-9H2,1-4H3. The lowest BCUT2D eigenvalue weighted by molar-refractivity contribution is -0.155. The third-order valence-electron chi connectivity index (χ3n) is 2.42. The number of esters is 1. The molecule has 1 rings (SSSR count). The molecular formula is C13H23NO2. The van der Waals surface area contributed by atoms with E-state index in [1.165, 1.54) is 0 Å². The van der Waals surface area contributed by atoms with E-state index >= 15 is 0 Å². The fraction of sp³-hybridized carbons (Fsp3) is 0.769. The Morgan fingerprint density at radius 3 is 2.50 bits per heavy atom. The van der Waals surface area contributed by atoms with Crippen LogP contribution in [-0.2, 0) is 9.53 Å². The molecule has 0 aromatic heterocycles. The molecule has 3 nitrogen and oxygen atoms in total. The van der Waals surface area contributed by atoms with Crippen LogP contribution in [0, 0.1) is 0 Å². The average Bonchev–Trinajstić information content (AvgIpc) is 2.51. The van der Waals surface area contributed by atoms with E-state index in [2.05, 4.69) is 17.5 Å². The number of rotatable bonds is 4. The average molecular weight is 225 g/mol. The monoisotopic (exact) mass is 225 g/mol. The zero-order valence-electron chi connectivity index (χ0n) is 10.7. The number of nitrogens with one attached hydrogen (secondary N) is 1. The van der Waals surface area contributed by atoms with Gasteiger partial charge in [0.1, 0.15) is 5.60 Å². The Morgan fingerprint density at radius 2 is 2.00 bits per heavy atom. The first-order valence-electron chi connectivity index (χ1n) is 6.00. The van der Waals surface area contributed by atoms with E-state index in [1.54, 1.807) is 0 Å². The van der Waals surface area contributed by atoms with Crippen LogP contribution in [-0.4, -0.2) is 23.7 Å². The largest absolute Gasteiger partial charge is 0.460 e. The summed E-state index contributed by atoms with van der Waals surface area (Å²) < 4.78 is 5.28. The summed E-state index contributed by atoms with van der Waals surface area (Å²) in [6.45, 7) is 7.71. The van der Waals surface area contributed by atoms with Gasteiger partial charge in [0.05, 0.1) is 6.42 Å². The van der Waals surface area contributed by atoms with Crippen LogP contribution in [0.4, 0.5) is 0 Å². The van der Waals surface area contributed by atoms with Crippen molar-refractivity contribution >= 4 is 5.97 Å². The number of hydrogen-bond donors (Lipinski definition) is 1. The minimum absolute atomic E-state index is 0.126. The Kier molecular flexibility index (Phi) is 4.54. The van der Waals surface area contributed by atoms with Gasteiger partial charge in [-0.2, -0.15) is 0 Å². The normalized spacial score (nSPS) is 18.8. The molecule has 0 aromatic rings. The molecule has 0 fully saturated rings. The van der Waals surface area contributed by atoms with Gasteiger partial charge in [0, 0.05) is 12.1 Å². The van der Waals surface area contributed by atoms with E-state index in [9.17, 15) is 4.79 Å². The van der Waals surface area contributed by atoms with Gasteiger partial charge in [-0.3, -0.25) is 4.79 Å². The molecule has 0 amide bonds. The van der Waals surface area contributed by atoms with E-state index in [0.29, 0.717) is 12.5 Å². The molecule has 1 atom stereocenters. The molecule has 0 saturated heterocycles. The molecule has 0 spiro atoms. The van der Waals surface area contributed by atoms with Gasteiger partial charge in [-0.25, -0.2) is 0 Å². The lowest BCUT2D eigenvalue weighted by Gasteiger charge is -2.22. The van der Waals surface area contributed by atoms with Crippen molar-refractivity contribution in [3.63, 3.8) is 0 Å². The van der Waals surface area contributed by atoms with Crippen molar-refractivity contribution in [2.24, 2.45) is 0 Å². The highest BCUT2D eigenvalue weighted by Gasteiger charge is 2.20. The Morgan fingerprint density at radius 1 is 1.44 bits per heavy atom. The van der Waals surface area contributed by atoms with E-state index in [4.69, 9.17) is 4.74 Å². The Balaban J connectivity index is 2.22. The van der Waals surface area contributed by atoms with Crippen LogP contribution in [0.1, 0.15) is 47.0 Å². The van der Waals surface area contributed by atoms with Gasteiger partial charge in [-0.05, 0) is 40.5 Å². The minimum atomic E-state index is -0.383. The third kappa shape index (κ3) is 5.31. The molecule has 92 valence electrons. The first-order valence-corrected chi connectivity index (χ1v) is 6.00. The summed E-state index contributed by atoms with van der Waals surface area (Å²) in [6, 6.07) is 0.678.